The van der Waals surface area contributed by atoms with Crippen molar-refractivity contribution in [3.8, 4) is 0 Å². The number of ketones is 1. The van der Waals surface area contributed by atoms with Crippen LogP contribution in [-0.2, 0) is 0 Å². The lowest BCUT2D eigenvalue weighted by molar-refractivity contribution is 0.103. The molecule has 5 heteroatoms. The van der Waals surface area contributed by atoms with Crippen molar-refractivity contribution >= 4 is 5.78 Å². The molecule has 0 aliphatic rings. The molecule has 0 unspecified atom stereocenters. The van der Waals surface area contributed by atoms with Crippen LogP contribution in [0.1, 0.15) is 15.9 Å². The van der Waals surface area contributed by atoms with Crippen LogP contribution in [0.5, 0.6) is 0 Å². The first-order valence-corrected chi connectivity index (χ1v) is 4.42. The van der Waals surface area contributed by atoms with Crippen LogP contribution >= 0.6 is 0 Å². The Hall–Kier alpha value is -2.17. The Bertz CT molecular complexity index is 496. The van der Waals surface area contributed by atoms with Crippen LogP contribution in [0.25, 0.3) is 0 Å². The summed E-state index contributed by atoms with van der Waals surface area (Å²) in [7, 11) is 0. The molecule has 0 spiro atoms. The molecule has 2 aromatic rings. The van der Waals surface area contributed by atoms with Gasteiger partial charge in [-0.3, -0.25) is 14.8 Å². The van der Waals surface area contributed by atoms with Gasteiger partial charge in [0.1, 0.15) is 11.6 Å². The zero-order chi connectivity index (χ0) is 11.5. The molecule has 0 bridgehead atoms. The molecule has 0 aromatic carbocycles. The van der Waals surface area contributed by atoms with Crippen molar-refractivity contribution in [1.82, 2.24) is 9.97 Å². The van der Waals surface area contributed by atoms with E-state index in [4.69, 9.17) is 0 Å². The quantitative estimate of drug-likeness (QED) is 0.727. The van der Waals surface area contributed by atoms with Crippen molar-refractivity contribution in [2.24, 2.45) is 0 Å². The summed E-state index contributed by atoms with van der Waals surface area (Å²) in [5.74, 6) is -1.75. The number of aromatic nitrogens is 2. The molecule has 3 nitrogen and oxygen atoms in total. The van der Waals surface area contributed by atoms with E-state index >= 15 is 0 Å². The standard InChI is InChI=1S/C11H6F2N2O/c12-9-1-7(3-14-5-9)11(16)8-2-10(13)6-15-4-8/h1-6H. The van der Waals surface area contributed by atoms with Crippen LogP contribution < -0.4 is 0 Å². The van der Waals surface area contributed by atoms with E-state index in [1.54, 1.807) is 0 Å². The van der Waals surface area contributed by atoms with E-state index in [2.05, 4.69) is 9.97 Å². The third-order valence-electron chi connectivity index (χ3n) is 1.93. The van der Waals surface area contributed by atoms with Crippen molar-refractivity contribution in [2.45, 2.75) is 0 Å². The zero-order valence-electron chi connectivity index (χ0n) is 8.02. The third-order valence-corrected chi connectivity index (χ3v) is 1.93. The van der Waals surface area contributed by atoms with Crippen LogP contribution in [0.2, 0.25) is 0 Å². The molecule has 0 aliphatic heterocycles. The number of pyridine rings is 2. The summed E-state index contributed by atoms with van der Waals surface area (Å²) in [6, 6.07) is 2.08. The molecule has 2 rings (SSSR count). The van der Waals surface area contributed by atoms with Gasteiger partial charge in [-0.1, -0.05) is 0 Å². The predicted molar refractivity (Wildman–Crippen MR) is 51.8 cm³/mol. The normalized spacial score (nSPS) is 10.1. The topological polar surface area (TPSA) is 42.9 Å². The Kier molecular flexibility index (Phi) is 2.68. The van der Waals surface area contributed by atoms with Gasteiger partial charge < -0.3 is 0 Å². The number of carbonyl (C=O) groups is 1. The van der Waals surface area contributed by atoms with Crippen molar-refractivity contribution in [3.63, 3.8) is 0 Å². The van der Waals surface area contributed by atoms with Gasteiger partial charge in [0.15, 0.2) is 5.78 Å². The lowest BCUT2D eigenvalue weighted by Crippen LogP contribution is -2.03. The SMILES string of the molecule is O=C(c1cncc(F)c1)c1cncc(F)c1. The second-order valence-corrected chi connectivity index (χ2v) is 3.11. The van der Waals surface area contributed by atoms with E-state index in [-0.39, 0.29) is 11.1 Å². The molecule has 0 saturated heterocycles. The summed E-state index contributed by atoms with van der Waals surface area (Å²) in [6.07, 6.45) is 4.41. The van der Waals surface area contributed by atoms with Gasteiger partial charge in [0.2, 0.25) is 0 Å². The molecular formula is C11H6F2N2O. The molecule has 16 heavy (non-hydrogen) atoms. The van der Waals surface area contributed by atoms with Crippen LogP contribution in [0.3, 0.4) is 0 Å². The van der Waals surface area contributed by atoms with Gasteiger partial charge in [-0.05, 0) is 12.1 Å². The Morgan fingerprint density at radius 1 is 0.875 bits per heavy atom. The Balaban J connectivity index is 2.39. The van der Waals surface area contributed by atoms with Gasteiger partial charge in [0, 0.05) is 23.5 Å². The highest BCUT2D eigenvalue weighted by Crippen LogP contribution is 2.10. The number of carbonyl (C=O) groups excluding carboxylic acids is 1. The van der Waals surface area contributed by atoms with E-state index in [1.165, 1.54) is 12.4 Å². The summed E-state index contributed by atoms with van der Waals surface area (Å²) in [6.45, 7) is 0. The summed E-state index contributed by atoms with van der Waals surface area (Å²) >= 11 is 0. The van der Waals surface area contributed by atoms with E-state index in [9.17, 15) is 13.6 Å². The maximum Gasteiger partial charge on any atom is 0.196 e. The van der Waals surface area contributed by atoms with E-state index in [1.807, 2.05) is 0 Å². The first-order chi connectivity index (χ1) is 7.66. The minimum atomic E-state index is -0.616. The van der Waals surface area contributed by atoms with Gasteiger partial charge >= 0.3 is 0 Å². The number of rotatable bonds is 2. The Labute approximate surface area is 89.8 Å². The molecular weight excluding hydrogens is 214 g/mol. The number of nitrogens with zero attached hydrogens (tertiary/aromatic N) is 2. The largest absolute Gasteiger partial charge is 0.288 e. The molecule has 0 aliphatic carbocycles. The fourth-order valence-corrected chi connectivity index (χ4v) is 1.24. The monoisotopic (exact) mass is 220 g/mol. The van der Waals surface area contributed by atoms with Crippen LogP contribution in [0.4, 0.5) is 8.78 Å². The molecule has 0 amide bonds. The first kappa shape index (κ1) is 10.4. The molecule has 2 heterocycles. The minimum Gasteiger partial charge on any atom is -0.288 e. The lowest BCUT2D eigenvalue weighted by atomic mass is 10.1. The number of hydrogen-bond donors (Lipinski definition) is 0. The van der Waals surface area contributed by atoms with Crippen molar-refractivity contribution < 1.29 is 13.6 Å². The molecule has 80 valence electrons. The summed E-state index contributed by atoms with van der Waals surface area (Å²) < 4.78 is 25.6. The van der Waals surface area contributed by atoms with Gasteiger partial charge in [-0.2, -0.15) is 0 Å². The Morgan fingerprint density at radius 2 is 1.31 bits per heavy atom. The van der Waals surface area contributed by atoms with Crippen molar-refractivity contribution in [2.75, 3.05) is 0 Å². The zero-order valence-corrected chi connectivity index (χ0v) is 8.02. The number of halogens is 2. The lowest BCUT2D eigenvalue weighted by Gasteiger charge is -2.00. The maximum atomic E-state index is 12.8. The molecule has 2 aromatic heterocycles. The van der Waals surface area contributed by atoms with Gasteiger partial charge in [-0.15, -0.1) is 0 Å². The first-order valence-electron chi connectivity index (χ1n) is 4.42. The summed E-state index contributed by atoms with van der Waals surface area (Å²) in [4.78, 5) is 18.8. The van der Waals surface area contributed by atoms with Gasteiger partial charge in [0.05, 0.1) is 12.4 Å². The van der Waals surface area contributed by atoms with Crippen molar-refractivity contribution in [1.29, 1.82) is 0 Å². The van der Waals surface area contributed by atoms with E-state index in [0.717, 1.165) is 24.5 Å². The predicted octanol–water partition coefficient (Wildman–Crippen LogP) is 1.99. The molecule has 0 radical (unpaired) electrons. The smallest absolute Gasteiger partial charge is 0.196 e. The van der Waals surface area contributed by atoms with Crippen LogP contribution in [0, 0.1) is 11.6 Å². The second kappa shape index (κ2) is 4.14. The molecule has 0 atom stereocenters. The minimum absolute atomic E-state index is 0.0624. The molecule has 0 N–H and O–H groups in total. The van der Waals surface area contributed by atoms with Crippen LogP contribution in [-0.4, -0.2) is 15.8 Å². The van der Waals surface area contributed by atoms with Gasteiger partial charge in [0.25, 0.3) is 0 Å². The summed E-state index contributed by atoms with van der Waals surface area (Å²) in [5.41, 5.74) is 0.125. The summed E-state index contributed by atoms with van der Waals surface area (Å²) in [5, 5.41) is 0. The fourth-order valence-electron chi connectivity index (χ4n) is 1.24. The third kappa shape index (κ3) is 2.08. The number of hydrogen-bond acceptors (Lipinski definition) is 3. The average molecular weight is 220 g/mol. The molecule has 0 saturated carbocycles. The highest BCUT2D eigenvalue weighted by molar-refractivity contribution is 6.08. The van der Waals surface area contributed by atoms with E-state index in [0.29, 0.717) is 0 Å². The second-order valence-electron chi connectivity index (χ2n) is 3.11. The fraction of sp³-hybridized carbons (Fsp3) is 0. The van der Waals surface area contributed by atoms with Crippen LogP contribution in [0.15, 0.2) is 36.9 Å². The molecule has 0 fully saturated rings. The highest BCUT2D eigenvalue weighted by atomic mass is 19.1. The Morgan fingerprint density at radius 3 is 1.69 bits per heavy atom. The maximum absolute atomic E-state index is 12.8. The average Bonchev–Trinajstić information content (AvgIpc) is 2.28. The highest BCUT2D eigenvalue weighted by Gasteiger charge is 2.11. The van der Waals surface area contributed by atoms with Crippen molar-refractivity contribution in [3.05, 3.63) is 59.7 Å². The van der Waals surface area contributed by atoms with Gasteiger partial charge in [-0.25, -0.2) is 8.78 Å². The van der Waals surface area contributed by atoms with E-state index < -0.39 is 17.4 Å².